The third kappa shape index (κ3) is 60.0. The number of rotatable bonds is 60. The van der Waals surface area contributed by atoms with Crippen LogP contribution in [0.5, 0.6) is 0 Å². The summed E-state index contributed by atoms with van der Waals surface area (Å²) >= 11 is 0. The third-order valence-corrected chi connectivity index (χ3v) is 15.4. The van der Waals surface area contributed by atoms with Crippen LogP contribution in [0.25, 0.3) is 0 Å². The summed E-state index contributed by atoms with van der Waals surface area (Å²) < 4.78 is 0. The molecule has 0 saturated heterocycles. The maximum Gasteiger partial charge on any atom is -0.00187 e. The minimum Gasteiger partial charge on any atom is -0.303 e. The molecule has 0 aliphatic rings. The number of hydrogen-bond donors (Lipinski definition) is 0. The third-order valence-electron chi connectivity index (χ3n) is 15.4. The molecule has 0 amide bonds. The molecule has 0 heterocycles. The van der Waals surface area contributed by atoms with Crippen molar-refractivity contribution in [2.45, 2.75) is 387 Å². The van der Waals surface area contributed by atoms with Crippen molar-refractivity contribution in [3.05, 3.63) is 0 Å². The van der Waals surface area contributed by atoms with Gasteiger partial charge in [0.2, 0.25) is 0 Å². The Labute approximate surface area is 415 Å². The lowest BCUT2D eigenvalue weighted by atomic mass is 10.0. The van der Waals surface area contributed by atoms with E-state index < -0.39 is 0 Å². The van der Waals surface area contributed by atoms with E-state index in [0.29, 0.717) is 0 Å². The smallest absolute Gasteiger partial charge is 0.00187 e. The highest BCUT2D eigenvalue weighted by Crippen LogP contribution is 2.19. The van der Waals surface area contributed by atoms with Gasteiger partial charge in [0, 0.05) is 0 Å². The van der Waals surface area contributed by atoms with Gasteiger partial charge >= 0.3 is 0 Å². The molecular weight excluding hydrogens is 783 g/mol. The molecule has 0 aromatic heterocycles. The van der Waals surface area contributed by atoms with E-state index in [1.807, 2.05) is 0 Å². The zero-order valence-electron chi connectivity index (χ0n) is 46.7. The van der Waals surface area contributed by atoms with Gasteiger partial charge in [0.05, 0.1) is 0 Å². The largest absolute Gasteiger partial charge is 0.303 e. The SMILES string of the molecule is CCCCCCCCCCCCCCCCCCCCN(CCCCCCCCCCCCCCCCCCCC)CCCCCCCCCCCCCCCCCCCCCC(C)C. The van der Waals surface area contributed by atoms with Crippen molar-refractivity contribution >= 4 is 0 Å². The summed E-state index contributed by atoms with van der Waals surface area (Å²) in [5, 5.41) is 0. The fourth-order valence-electron chi connectivity index (χ4n) is 10.7. The molecule has 0 aromatic carbocycles. The van der Waals surface area contributed by atoms with Crippen molar-refractivity contribution in [3.63, 3.8) is 0 Å². The molecule has 0 aliphatic carbocycles. The van der Waals surface area contributed by atoms with Crippen LogP contribution in [0.3, 0.4) is 0 Å². The molecule has 0 radical (unpaired) electrons. The highest BCUT2D eigenvalue weighted by atomic mass is 15.1. The van der Waals surface area contributed by atoms with Gasteiger partial charge in [-0.15, -0.1) is 0 Å². The first-order valence-electron chi connectivity index (χ1n) is 31.9. The van der Waals surface area contributed by atoms with E-state index in [0.717, 1.165) is 5.92 Å². The van der Waals surface area contributed by atoms with E-state index in [1.165, 1.54) is 379 Å². The van der Waals surface area contributed by atoms with Crippen molar-refractivity contribution in [3.8, 4) is 0 Å². The second-order valence-electron chi connectivity index (χ2n) is 22.8. The monoisotopic (exact) mass is 914 g/mol. The molecule has 1 nitrogen and oxygen atoms in total. The van der Waals surface area contributed by atoms with Crippen LogP contribution in [-0.2, 0) is 0 Å². The fourth-order valence-corrected chi connectivity index (χ4v) is 10.7. The summed E-state index contributed by atoms with van der Waals surface area (Å²) in [5.74, 6) is 0.892. The maximum absolute atomic E-state index is 2.90. The lowest BCUT2D eigenvalue weighted by Crippen LogP contribution is -2.27. The van der Waals surface area contributed by atoms with Crippen LogP contribution in [-0.4, -0.2) is 24.5 Å². The molecule has 0 bridgehead atoms. The Hall–Kier alpha value is -0.0400. The number of unbranched alkanes of at least 4 members (excludes halogenated alkanes) is 52. The summed E-state index contributed by atoms with van der Waals surface area (Å²) in [5.41, 5.74) is 0. The first kappa shape index (κ1) is 65.0. The number of hydrogen-bond acceptors (Lipinski definition) is 1. The average molecular weight is 915 g/mol. The maximum atomic E-state index is 2.90. The van der Waals surface area contributed by atoms with E-state index in [2.05, 4.69) is 32.6 Å². The van der Waals surface area contributed by atoms with Crippen LogP contribution in [0.1, 0.15) is 387 Å². The van der Waals surface area contributed by atoms with Crippen LogP contribution in [0.2, 0.25) is 0 Å². The summed E-state index contributed by atoms with van der Waals surface area (Å²) in [6, 6.07) is 0. The van der Waals surface area contributed by atoms with Gasteiger partial charge in [-0.05, 0) is 44.8 Å². The van der Waals surface area contributed by atoms with Gasteiger partial charge in [-0.3, -0.25) is 0 Å². The zero-order chi connectivity index (χ0) is 46.9. The van der Waals surface area contributed by atoms with E-state index in [1.54, 1.807) is 0 Å². The highest BCUT2D eigenvalue weighted by molar-refractivity contribution is 4.62. The van der Waals surface area contributed by atoms with Crippen LogP contribution in [0, 0.1) is 5.92 Å². The average Bonchev–Trinajstić information content (AvgIpc) is 3.30. The molecule has 65 heavy (non-hydrogen) atoms. The first-order chi connectivity index (χ1) is 32.2. The summed E-state index contributed by atoms with van der Waals surface area (Å²) in [4.78, 5) is 2.90. The van der Waals surface area contributed by atoms with E-state index in [9.17, 15) is 0 Å². The van der Waals surface area contributed by atoms with Gasteiger partial charge in [-0.2, -0.15) is 0 Å². The molecule has 0 aliphatic heterocycles. The molecule has 0 fully saturated rings. The molecule has 0 unspecified atom stereocenters. The van der Waals surface area contributed by atoms with Crippen LogP contribution in [0.15, 0.2) is 0 Å². The van der Waals surface area contributed by atoms with E-state index in [4.69, 9.17) is 0 Å². The Kier molecular flexibility index (Phi) is 60.0. The normalized spacial score (nSPS) is 11.9. The Morgan fingerprint density at radius 3 is 0.477 bits per heavy atom. The highest BCUT2D eigenvalue weighted by Gasteiger charge is 2.06. The van der Waals surface area contributed by atoms with Crippen molar-refractivity contribution < 1.29 is 0 Å². The van der Waals surface area contributed by atoms with Crippen molar-refractivity contribution in [1.29, 1.82) is 0 Å². The predicted octanol–water partition coefficient (Wildman–Crippen LogP) is 23.8. The fraction of sp³-hybridized carbons (Fsp3) is 1.00. The van der Waals surface area contributed by atoms with Crippen molar-refractivity contribution in [2.24, 2.45) is 5.92 Å². The molecular formula is C64H131N. The second kappa shape index (κ2) is 60.1. The molecule has 0 spiro atoms. The Morgan fingerprint density at radius 1 is 0.185 bits per heavy atom. The first-order valence-corrected chi connectivity index (χ1v) is 31.9. The molecule has 392 valence electrons. The molecule has 0 atom stereocenters. The van der Waals surface area contributed by atoms with Gasteiger partial charge in [0.1, 0.15) is 0 Å². The summed E-state index contributed by atoms with van der Waals surface area (Å²) in [6.07, 6.45) is 82.6. The van der Waals surface area contributed by atoms with Crippen LogP contribution >= 0.6 is 0 Å². The van der Waals surface area contributed by atoms with Gasteiger partial charge in [-0.25, -0.2) is 0 Å². The van der Waals surface area contributed by atoms with Crippen molar-refractivity contribution in [2.75, 3.05) is 19.6 Å². The summed E-state index contributed by atoms with van der Waals surface area (Å²) in [6.45, 7) is 13.5. The molecule has 0 rings (SSSR count). The minimum absolute atomic E-state index is 0.892. The Morgan fingerprint density at radius 2 is 0.323 bits per heavy atom. The van der Waals surface area contributed by atoms with Crippen LogP contribution < -0.4 is 0 Å². The molecule has 1 heteroatoms. The van der Waals surface area contributed by atoms with Gasteiger partial charge in [0.15, 0.2) is 0 Å². The lowest BCUT2D eigenvalue weighted by Gasteiger charge is -2.22. The van der Waals surface area contributed by atoms with Crippen LogP contribution in [0.4, 0.5) is 0 Å². The van der Waals surface area contributed by atoms with Gasteiger partial charge < -0.3 is 4.90 Å². The lowest BCUT2D eigenvalue weighted by molar-refractivity contribution is 0.254. The quantitative estimate of drug-likeness (QED) is 0.0550. The standard InChI is InChI=1S/C64H131N/c1-5-7-9-11-13-15-17-19-21-23-29-33-37-41-45-49-53-57-61-65(62-58-54-50-46-42-38-34-30-24-22-20-18-16-14-12-10-8-6-2)63-59-55-51-47-43-39-35-31-27-25-26-28-32-36-40-44-48-52-56-60-64(3)4/h64H,5-63H2,1-4H3. The Balaban J connectivity index is 3.96. The van der Waals surface area contributed by atoms with E-state index >= 15 is 0 Å². The van der Waals surface area contributed by atoms with Gasteiger partial charge in [-0.1, -0.05) is 368 Å². The zero-order valence-corrected chi connectivity index (χ0v) is 46.7. The van der Waals surface area contributed by atoms with E-state index in [-0.39, 0.29) is 0 Å². The molecule has 0 saturated carbocycles. The second-order valence-corrected chi connectivity index (χ2v) is 22.8. The minimum atomic E-state index is 0.892. The molecule has 0 N–H and O–H groups in total. The Bertz CT molecular complexity index is 748. The van der Waals surface area contributed by atoms with Crippen molar-refractivity contribution in [1.82, 2.24) is 4.90 Å². The topological polar surface area (TPSA) is 3.24 Å². The number of nitrogens with zero attached hydrogens (tertiary/aromatic N) is 1. The van der Waals surface area contributed by atoms with Gasteiger partial charge in [0.25, 0.3) is 0 Å². The summed E-state index contributed by atoms with van der Waals surface area (Å²) in [7, 11) is 0. The predicted molar refractivity (Wildman–Crippen MR) is 301 cm³/mol. The molecule has 0 aromatic rings.